The number of esters is 1. The van der Waals surface area contributed by atoms with Gasteiger partial charge in [0.2, 0.25) is 0 Å². The number of allylic oxidation sites excluding steroid dienone is 1. The fraction of sp³-hybridized carbons (Fsp3) is 0.261. The van der Waals surface area contributed by atoms with Crippen LogP contribution in [0.25, 0.3) is 0 Å². The number of ether oxygens (including phenoxy) is 4. The minimum absolute atomic E-state index is 0.124. The molecular formula is C23H24ClN3O7. The van der Waals surface area contributed by atoms with Crippen LogP contribution in [-0.4, -0.2) is 45.8 Å². The molecule has 34 heavy (non-hydrogen) atoms. The van der Waals surface area contributed by atoms with E-state index in [1.165, 1.54) is 20.3 Å². The first-order valence-electron chi connectivity index (χ1n) is 10.1. The van der Waals surface area contributed by atoms with E-state index in [-0.39, 0.29) is 28.7 Å². The number of amides is 3. The van der Waals surface area contributed by atoms with Crippen LogP contribution >= 0.6 is 11.6 Å². The molecule has 2 aromatic rings. The largest absolute Gasteiger partial charge is 0.497 e. The minimum atomic E-state index is -0.840. The maximum Gasteiger partial charge on any atom is 0.343 e. The Bertz CT molecular complexity index is 1130. The van der Waals surface area contributed by atoms with E-state index in [1.54, 1.807) is 44.4 Å². The number of nitrogens with one attached hydrogen (secondary N) is 3. The van der Waals surface area contributed by atoms with Crippen molar-refractivity contribution in [1.82, 2.24) is 10.6 Å². The molecule has 0 spiro atoms. The van der Waals surface area contributed by atoms with Crippen molar-refractivity contribution in [2.24, 2.45) is 0 Å². The van der Waals surface area contributed by atoms with Crippen LogP contribution in [0, 0.1) is 0 Å². The predicted molar refractivity (Wildman–Crippen MR) is 124 cm³/mol. The van der Waals surface area contributed by atoms with Gasteiger partial charge in [-0.15, -0.1) is 0 Å². The molecule has 10 nitrogen and oxygen atoms in total. The summed E-state index contributed by atoms with van der Waals surface area (Å²) in [5.41, 5.74) is 1.67. The average molecular weight is 490 g/mol. The monoisotopic (exact) mass is 489 g/mol. The Morgan fingerprint density at radius 1 is 1.09 bits per heavy atom. The Hall–Kier alpha value is -3.92. The van der Waals surface area contributed by atoms with Crippen LogP contribution in [0.1, 0.15) is 18.5 Å². The molecule has 1 aliphatic rings. The molecule has 0 radical (unpaired) electrons. The first kappa shape index (κ1) is 24.7. The summed E-state index contributed by atoms with van der Waals surface area (Å²) in [6.45, 7) is 1.26. The van der Waals surface area contributed by atoms with Gasteiger partial charge >= 0.3 is 12.0 Å². The second-order valence-electron chi connectivity index (χ2n) is 7.15. The molecule has 0 aliphatic carbocycles. The van der Waals surface area contributed by atoms with Gasteiger partial charge in [-0.25, -0.2) is 9.59 Å². The molecule has 1 aliphatic heterocycles. The SMILES string of the molecule is COC(=O)COc1c(Cl)cc([C@@H]2NC(=O)NC(C)=C2C(=O)Nc2ccc(OC)cc2)cc1OC. The van der Waals surface area contributed by atoms with Crippen LogP contribution in [0.5, 0.6) is 17.2 Å². The molecule has 0 fully saturated rings. The molecule has 3 rings (SSSR count). The van der Waals surface area contributed by atoms with E-state index in [2.05, 4.69) is 20.7 Å². The van der Waals surface area contributed by atoms with Crippen molar-refractivity contribution >= 4 is 35.2 Å². The minimum Gasteiger partial charge on any atom is -0.497 e. The zero-order chi connectivity index (χ0) is 24.8. The number of carbonyl (C=O) groups excluding carboxylic acids is 3. The highest BCUT2D eigenvalue weighted by atomic mass is 35.5. The number of halogens is 1. The lowest BCUT2D eigenvalue weighted by molar-refractivity contribution is -0.142. The second-order valence-corrected chi connectivity index (χ2v) is 7.56. The maximum absolute atomic E-state index is 13.2. The number of hydrogen-bond acceptors (Lipinski definition) is 7. The second kappa shape index (κ2) is 10.8. The summed E-state index contributed by atoms with van der Waals surface area (Å²) in [5, 5.41) is 8.30. The fourth-order valence-corrected chi connectivity index (χ4v) is 3.63. The third-order valence-corrected chi connectivity index (χ3v) is 5.29. The smallest absolute Gasteiger partial charge is 0.343 e. The molecule has 1 heterocycles. The molecule has 0 saturated heterocycles. The highest BCUT2D eigenvalue weighted by Gasteiger charge is 2.32. The Morgan fingerprint density at radius 2 is 1.79 bits per heavy atom. The number of methoxy groups -OCH3 is 3. The van der Waals surface area contributed by atoms with Gasteiger partial charge in [-0.05, 0) is 48.9 Å². The Labute approximate surface area is 201 Å². The summed E-state index contributed by atoms with van der Waals surface area (Å²) >= 11 is 6.40. The van der Waals surface area contributed by atoms with Gasteiger partial charge in [0, 0.05) is 11.4 Å². The topological polar surface area (TPSA) is 124 Å². The standard InChI is InChI=1S/C23H24ClN3O7/c1-12-19(22(29)26-14-5-7-15(31-2)8-6-14)20(27-23(30)25-12)13-9-16(24)21(17(10-13)32-3)34-11-18(28)33-4/h5-10,20H,11H2,1-4H3,(H,26,29)(H2,25,27,30)/t20-/m0/s1. The average Bonchev–Trinajstić information content (AvgIpc) is 2.82. The van der Waals surface area contributed by atoms with Crippen LogP contribution in [-0.2, 0) is 14.3 Å². The lowest BCUT2D eigenvalue weighted by atomic mass is 9.94. The van der Waals surface area contributed by atoms with Crippen molar-refractivity contribution in [1.29, 1.82) is 0 Å². The number of urea groups is 1. The summed E-state index contributed by atoms with van der Waals surface area (Å²) < 4.78 is 20.5. The molecule has 0 saturated carbocycles. The van der Waals surface area contributed by atoms with Crippen molar-refractivity contribution in [3.05, 3.63) is 58.3 Å². The first-order valence-corrected chi connectivity index (χ1v) is 10.5. The molecule has 1 atom stereocenters. The molecule has 0 aromatic heterocycles. The highest BCUT2D eigenvalue weighted by molar-refractivity contribution is 6.32. The van der Waals surface area contributed by atoms with Crippen molar-refractivity contribution in [2.75, 3.05) is 33.3 Å². The van der Waals surface area contributed by atoms with Gasteiger partial charge in [0.15, 0.2) is 18.1 Å². The lowest BCUT2D eigenvalue weighted by Crippen LogP contribution is -2.46. The van der Waals surface area contributed by atoms with Crippen molar-refractivity contribution in [3.8, 4) is 17.2 Å². The highest BCUT2D eigenvalue weighted by Crippen LogP contribution is 2.40. The number of rotatable bonds is 8. The van der Waals surface area contributed by atoms with Crippen LogP contribution < -0.4 is 30.2 Å². The molecular weight excluding hydrogens is 466 g/mol. The molecule has 2 aromatic carbocycles. The van der Waals surface area contributed by atoms with E-state index < -0.39 is 23.9 Å². The third kappa shape index (κ3) is 5.52. The van der Waals surface area contributed by atoms with Crippen LogP contribution in [0.15, 0.2) is 47.7 Å². The van der Waals surface area contributed by atoms with E-state index in [1.807, 2.05) is 0 Å². The predicted octanol–water partition coefficient (Wildman–Crippen LogP) is 3.18. The summed E-state index contributed by atoms with van der Waals surface area (Å²) in [5.74, 6) is -0.0329. The molecule has 0 bridgehead atoms. The van der Waals surface area contributed by atoms with Gasteiger partial charge < -0.3 is 34.9 Å². The van der Waals surface area contributed by atoms with E-state index in [0.29, 0.717) is 22.7 Å². The van der Waals surface area contributed by atoms with E-state index in [0.717, 1.165) is 0 Å². The summed E-state index contributed by atoms with van der Waals surface area (Å²) in [6, 6.07) is 8.61. The van der Waals surface area contributed by atoms with Gasteiger partial charge in [0.1, 0.15) is 5.75 Å². The number of carbonyl (C=O) groups is 3. The number of anilines is 1. The molecule has 3 amide bonds. The normalized spacial score (nSPS) is 15.1. The van der Waals surface area contributed by atoms with Gasteiger partial charge in [-0.3, -0.25) is 4.79 Å². The van der Waals surface area contributed by atoms with E-state index >= 15 is 0 Å². The zero-order valence-corrected chi connectivity index (χ0v) is 19.7. The first-order chi connectivity index (χ1) is 16.3. The quantitative estimate of drug-likeness (QED) is 0.486. The maximum atomic E-state index is 13.2. The molecule has 3 N–H and O–H groups in total. The Morgan fingerprint density at radius 3 is 2.41 bits per heavy atom. The summed E-state index contributed by atoms with van der Waals surface area (Å²) in [6.07, 6.45) is 0. The molecule has 0 unspecified atom stereocenters. The van der Waals surface area contributed by atoms with Crippen molar-refractivity contribution in [3.63, 3.8) is 0 Å². The van der Waals surface area contributed by atoms with Crippen LogP contribution in [0.4, 0.5) is 10.5 Å². The lowest BCUT2D eigenvalue weighted by Gasteiger charge is -2.29. The summed E-state index contributed by atoms with van der Waals surface area (Å²) in [7, 11) is 4.19. The summed E-state index contributed by atoms with van der Waals surface area (Å²) in [4.78, 5) is 36.9. The molecule has 180 valence electrons. The van der Waals surface area contributed by atoms with E-state index in [4.69, 9.17) is 25.8 Å². The molecule has 11 heteroatoms. The van der Waals surface area contributed by atoms with E-state index in [9.17, 15) is 14.4 Å². The van der Waals surface area contributed by atoms with Crippen LogP contribution in [0.2, 0.25) is 5.02 Å². The number of hydrogen-bond donors (Lipinski definition) is 3. The van der Waals surface area contributed by atoms with Crippen molar-refractivity contribution < 1.29 is 33.3 Å². The third-order valence-electron chi connectivity index (χ3n) is 5.01. The Kier molecular flexibility index (Phi) is 7.85. The van der Waals surface area contributed by atoms with Gasteiger partial charge in [0.05, 0.1) is 38.0 Å². The number of benzene rings is 2. The van der Waals surface area contributed by atoms with Gasteiger partial charge in [0.25, 0.3) is 5.91 Å². The Balaban J connectivity index is 1.94. The van der Waals surface area contributed by atoms with Crippen LogP contribution in [0.3, 0.4) is 0 Å². The zero-order valence-electron chi connectivity index (χ0n) is 19.0. The van der Waals surface area contributed by atoms with Gasteiger partial charge in [-0.1, -0.05) is 11.6 Å². The fourth-order valence-electron chi connectivity index (χ4n) is 3.35. The van der Waals surface area contributed by atoms with Crippen molar-refractivity contribution in [2.45, 2.75) is 13.0 Å². The van der Waals surface area contributed by atoms with Gasteiger partial charge in [-0.2, -0.15) is 0 Å².